The highest BCUT2D eigenvalue weighted by Gasteiger charge is 2.30. The summed E-state index contributed by atoms with van der Waals surface area (Å²) in [7, 11) is 0. The molecule has 0 atom stereocenters. The van der Waals surface area contributed by atoms with Crippen molar-refractivity contribution in [1.29, 1.82) is 0 Å². The van der Waals surface area contributed by atoms with Crippen LogP contribution in [0.5, 0.6) is 0 Å². The Kier molecular flexibility index (Phi) is 4.50. The molecule has 0 bridgehead atoms. The standard InChI is InChI=1S/C18H15N3O2S2/c22-14(11-6-7-11)9-16-19-10-13(24-16)8-15-17(23)21-18(25-15)20-12-4-2-1-3-5-12/h1-5,8,10-11H,6-7,9H2,(H,20,21,23)/b15-8-. The van der Waals surface area contributed by atoms with E-state index < -0.39 is 0 Å². The van der Waals surface area contributed by atoms with Gasteiger partial charge in [-0.25, -0.2) is 9.98 Å². The number of hydrogen-bond donors (Lipinski definition) is 1. The number of ketones is 1. The Morgan fingerprint density at radius 1 is 1.32 bits per heavy atom. The van der Waals surface area contributed by atoms with Gasteiger partial charge in [0.1, 0.15) is 10.8 Å². The van der Waals surface area contributed by atoms with Crippen LogP contribution in [0.2, 0.25) is 0 Å². The molecular formula is C18H15N3O2S2. The molecule has 2 heterocycles. The lowest BCUT2D eigenvalue weighted by Gasteiger charge is -1.94. The quantitative estimate of drug-likeness (QED) is 0.818. The van der Waals surface area contributed by atoms with Crippen LogP contribution in [0.3, 0.4) is 0 Å². The van der Waals surface area contributed by atoms with E-state index in [1.54, 1.807) is 12.3 Å². The van der Waals surface area contributed by atoms with Crippen LogP contribution >= 0.6 is 23.1 Å². The molecule has 2 aliphatic rings. The second-order valence-electron chi connectivity index (χ2n) is 5.89. The van der Waals surface area contributed by atoms with Crippen LogP contribution in [-0.2, 0) is 16.0 Å². The van der Waals surface area contributed by atoms with Gasteiger partial charge in [0.25, 0.3) is 5.91 Å². The summed E-state index contributed by atoms with van der Waals surface area (Å²) >= 11 is 2.77. The highest BCUT2D eigenvalue weighted by atomic mass is 32.2. The van der Waals surface area contributed by atoms with Crippen molar-refractivity contribution >= 4 is 51.7 Å². The summed E-state index contributed by atoms with van der Waals surface area (Å²) in [5, 5.41) is 4.15. The van der Waals surface area contributed by atoms with Gasteiger partial charge in [0, 0.05) is 17.0 Å². The lowest BCUT2D eigenvalue weighted by Crippen LogP contribution is -2.19. The average Bonchev–Trinajstić information content (AvgIpc) is 3.29. The first-order chi connectivity index (χ1) is 12.2. The van der Waals surface area contributed by atoms with E-state index in [1.165, 1.54) is 23.1 Å². The molecule has 2 fully saturated rings. The van der Waals surface area contributed by atoms with E-state index in [1.807, 2.05) is 30.3 Å². The molecule has 1 aliphatic carbocycles. The topological polar surface area (TPSA) is 71.4 Å². The van der Waals surface area contributed by atoms with Crippen molar-refractivity contribution in [2.45, 2.75) is 19.3 Å². The molecule has 4 rings (SSSR count). The third-order valence-electron chi connectivity index (χ3n) is 3.84. The van der Waals surface area contributed by atoms with Gasteiger partial charge in [0.05, 0.1) is 17.0 Å². The molecule has 0 spiro atoms. The number of carbonyl (C=O) groups excluding carboxylic acids is 2. The normalized spacial score (nSPS) is 20.2. The van der Waals surface area contributed by atoms with Crippen LogP contribution in [0.1, 0.15) is 22.7 Å². The third kappa shape index (κ3) is 4.05. The minimum atomic E-state index is -0.163. The number of para-hydroxylation sites is 1. The summed E-state index contributed by atoms with van der Waals surface area (Å²) in [6, 6.07) is 9.49. The molecule has 1 amide bonds. The van der Waals surface area contributed by atoms with E-state index in [-0.39, 0.29) is 17.6 Å². The second kappa shape index (κ2) is 6.93. The molecule has 2 aromatic rings. The van der Waals surface area contributed by atoms with Crippen molar-refractivity contribution in [3.63, 3.8) is 0 Å². The fraction of sp³-hybridized carbons (Fsp3) is 0.222. The number of amides is 1. The van der Waals surface area contributed by atoms with Crippen LogP contribution < -0.4 is 5.32 Å². The summed E-state index contributed by atoms with van der Waals surface area (Å²) in [5.74, 6) is 0.362. The van der Waals surface area contributed by atoms with Gasteiger partial charge in [-0.15, -0.1) is 11.3 Å². The first-order valence-electron chi connectivity index (χ1n) is 7.99. The van der Waals surface area contributed by atoms with Crippen molar-refractivity contribution in [3.8, 4) is 0 Å². The van der Waals surface area contributed by atoms with Gasteiger partial charge in [-0.05, 0) is 42.8 Å². The fourth-order valence-corrected chi connectivity index (χ4v) is 4.18. The maximum atomic E-state index is 12.1. The minimum absolute atomic E-state index is 0.163. The molecule has 7 heteroatoms. The minimum Gasteiger partial charge on any atom is -0.300 e. The summed E-state index contributed by atoms with van der Waals surface area (Å²) in [5.41, 5.74) is 0.796. The first kappa shape index (κ1) is 16.2. The highest BCUT2D eigenvalue weighted by Crippen LogP contribution is 2.32. The van der Waals surface area contributed by atoms with E-state index in [0.29, 0.717) is 16.5 Å². The Bertz CT molecular complexity index is 883. The Labute approximate surface area is 153 Å². The second-order valence-corrected chi connectivity index (χ2v) is 8.07. The highest BCUT2D eigenvalue weighted by molar-refractivity contribution is 8.18. The van der Waals surface area contributed by atoms with Gasteiger partial charge in [-0.1, -0.05) is 18.2 Å². The Morgan fingerprint density at radius 3 is 2.88 bits per heavy atom. The average molecular weight is 369 g/mol. The summed E-state index contributed by atoms with van der Waals surface area (Å²) in [6.45, 7) is 0. The van der Waals surface area contributed by atoms with Crippen molar-refractivity contribution in [3.05, 3.63) is 51.3 Å². The number of benzene rings is 1. The molecule has 0 radical (unpaired) electrons. The number of rotatable bonds is 5. The first-order valence-corrected chi connectivity index (χ1v) is 9.63. The number of thioether (sulfide) groups is 1. The van der Waals surface area contributed by atoms with Crippen LogP contribution in [0.15, 0.2) is 46.4 Å². The van der Waals surface area contributed by atoms with Crippen molar-refractivity contribution in [1.82, 2.24) is 10.3 Å². The zero-order valence-corrected chi connectivity index (χ0v) is 14.9. The number of hydrogen-bond acceptors (Lipinski definition) is 6. The number of amidine groups is 1. The van der Waals surface area contributed by atoms with Crippen molar-refractivity contribution in [2.75, 3.05) is 0 Å². The molecule has 1 aromatic heterocycles. The van der Waals surface area contributed by atoms with Gasteiger partial charge in [-0.3, -0.25) is 9.59 Å². The Morgan fingerprint density at radius 2 is 2.12 bits per heavy atom. The maximum absolute atomic E-state index is 12.1. The number of aromatic nitrogens is 1. The lowest BCUT2D eigenvalue weighted by atomic mass is 10.2. The third-order valence-corrected chi connectivity index (χ3v) is 5.69. The predicted molar refractivity (Wildman–Crippen MR) is 101 cm³/mol. The number of nitrogens with zero attached hydrogens (tertiary/aromatic N) is 2. The largest absolute Gasteiger partial charge is 0.300 e. The molecule has 1 saturated carbocycles. The molecular weight excluding hydrogens is 354 g/mol. The van der Waals surface area contributed by atoms with Crippen LogP contribution in [0.25, 0.3) is 6.08 Å². The monoisotopic (exact) mass is 369 g/mol. The summed E-state index contributed by atoms with van der Waals surface area (Å²) in [4.78, 5) is 34.2. The van der Waals surface area contributed by atoms with Crippen LogP contribution in [0.4, 0.5) is 5.69 Å². The van der Waals surface area contributed by atoms with Gasteiger partial charge < -0.3 is 5.32 Å². The predicted octanol–water partition coefficient (Wildman–Crippen LogP) is 3.56. The Hall–Kier alpha value is -2.25. The molecule has 1 aliphatic heterocycles. The Balaban J connectivity index is 1.46. The molecule has 5 nitrogen and oxygen atoms in total. The van der Waals surface area contributed by atoms with Crippen molar-refractivity contribution in [2.24, 2.45) is 10.9 Å². The van der Waals surface area contributed by atoms with E-state index in [9.17, 15) is 9.59 Å². The number of Topliss-reactive ketones (excluding diaryl/α,β-unsaturated/α-hetero) is 1. The van der Waals surface area contributed by atoms with Crippen molar-refractivity contribution < 1.29 is 9.59 Å². The van der Waals surface area contributed by atoms with Gasteiger partial charge >= 0.3 is 0 Å². The van der Waals surface area contributed by atoms with E-state index in [4.69, 9.17) is 0 Å². The number of carbonyl (C=O) groups is 2. The zero-order valence-electron chi connectivity index (χ0n) is 13.3. The fourth-order valence-electron chi connectivity index (χ4n) is 2.40. The molecule has 1 N–H and O–H groups in total. The molecule has 1 saturated heterocycles. The van der Waals surface area contributed by atoms with Gasteiger partial charge in [0.15, 0.2) is 5.17 Å². The van der Waals surface area contributed by atoms with E-state index >= 15 is 0 Å². The van der Waals surface area contributed by atoms with Crippen LogP contribution in [0, 0.1) is 5.92 Å². The van der Waals surface area contributed by atoms with Gasteiger partial charge in [0.2, 0.25) is 0 Å². The lowest BCUT2D eigenvalue weighted by molar-refractivity contribution is -0.119. The SMILES string of the molecule is O=C1NC(=Nc2ccccc2)S/C1=C\c1cnc(CC(=O)C2CC2)s1. The molecule has 126 valence electrons. The van der Waals surface area contributed by atoms with Crippen LogP contribution in [-0.4, -0.2) is 21.8 Å². The summed E-state index contributed by atoms with van der Waals surface area (Å²) in [6.07, 6.45) is 5.95. The molecule has 0 unspecified atom stereocenters. The van der Waals surface area contributed by atoms with E-state index in [2.05, 4.69) is 15.3 Å². The zero-order chi connectivity index (χ0) is 17.2. The maximum Gasteiger partial charge on any atom is 0.264 e. The molecule has 25 heavy (non-hydrogen) atoms. The smallest absolute Gasteiger partial charge is 0.264 e. The van der Waals surface area contributed by atoms with E-state index in [0.717, 1.165) is 28.4 Å². The number of thiazole rings is 1. The van der Waals surface area contributed by atoms with Gasteiger partial charge in [-0.2, -0.15) is 0 Å². The molecule has 1 aromatic carbocycles. The summed E-state index contributed by atoms with van der Waals surface area (Å²) < 4.78 is 0. The number of nitrogens with one attached hydrogen (secondary N) is 1. The number of aliphatic imine (C=N–C) groups is 1.